The van der Waals surface area contributed by atoms with Crippen molar-refractivity contribution in [2.24, 2.45) is 5.73 Å². The number of piperidine rings is 1. The molecule has 0 aliphatic carbocycles. The van der Waals surface area contributed by atoms with Gasteiger partial charge < -0.3 is 25.1 Å². The maximum atomic E-state index is 13.0. The van der Waals surface area contributed by atoms with E-state index in [1.807, 2.05) is 31.2 Å². The highest BCUT2D eigenvalue weighted by Crippen LogP contribution is 2.30. The van der Waals surface area contributed by atoms with Gasteiger partial charge in [-0.1, -0.05) is 12.1 Å². The second kappa shape index (κ2) is 13.1. The molecule has 10 heteroatoms. The normalized spacial score (nSPS) is 13.8. The van der Waals surface area contributed by atoms with Gasteiger partial charge in [0.05, 0.1) is 28.8 Å². The Kier molecular flexibility index (Phi) is 9.42. The summed E-state index contributed by atoms with van der Waals surface area (Å²) in [6, 6.07) is 14.1. The first kappa shape index (κ1) is 27.3. The summed E-state index contributed by atoms with van der Waals surface area (Å²) in [7, 11) is 0. The zero-order valence-corrected chi connectivity index (χ0v) is 22.2. The van der Waals surface area contributed by atoms with Gasteiger partial charge >= 0.3 is 0 Å². The zero-order valence-electron chi connectivity index (χ0n) is 21.4. The van der Waals surface area contributed by atoms with Crippen molar-refractivity contribution in [2.45, 2.75) is 31.4 Å². The van der Waals surface area contributed by atoms with Crippen molar-refractivity contribution in [3.63, 3.8) is 0 Å². The number of nitrogens with zero attached hydrogens (tertiary/aromatic N) is 2. The summed E-state index contributed by atoms with van der Waals surface area (Å²) < 4.78 is 10.9. The standard InChI is InChI=1S/C28H32N4O5S/c1-19-8-9-23(28(35)30-12-16-38-18-21-5-4-15-36-21)26(31-19)20-10-13-32(14-11-20)25(33)17-37-24-7-3-2-6-22(24)27(29)34/h2-9,15,20H,10-14,16-18H2,1H3,(H2,29,34)(H,30,35). The van der Waals surface area contributed by atoms with Crippen LogP contribution >= 0.6 is 11.8 Å². The number of hydrogen-bond donors (Lipinski definition) is 2. The van der Waals surface area contributed by atoms with E-state index in [-0.39, 0.29) is 29.9 Å². The number of ether oxygens (including phenoxy) is 1. The maximum absolute atomic E-state index is 13.0. The lowest BCUT2D eigenvalue weighted by Crippen LogP contribution is -2.41. The summed E-state index contributed by atoms with van der Waals surface area (Å²) in [6.45, 7) is 3.35. The monoisotopic (exact) mass is 536 g/mol. The van der Waals surface area contributed by atoms with Gasteiger partial charge in [-0.05, 0) is 56.2 Å². The Hall–Kier alpha value is -3.79. The quantitative estimate of drug-likeness (QED) is 0.359. The van der Waals surface area contributed by atoms with Crippen LogP contribution in [0.4, 0.5) is 0 Å². The van der Waals surface area contributed by atoms with Gasteiger partial charge in [-0.25, -0.2) is 0 Å². The van der Waals surface area contributed by atoms with E-state index in [1.165, 1.54) is 0 Å². The number of benzene rings is 1. The van der Waals surface area contributed by atoms with Crippen LogP contribution < -0.4 is 15.8 Å². The predicted octanol–water partition coefficient (Wildman–Crippen LogP) is 3.53. The molecule has 1 aliphatic rings. The van der Waals surface area contributed by atoms with Gasteiger partial charge in [-0.3, -0.25) is 19.4 Å². The molecular formula is C28H32N4O5S. The molecule has 1 aromatic carbocycles. The first-order chi connectivity index (χ1) is 18.4. The van der Waals surface area contributed by atoms with Gasteiger partial charge in [0.25, 0.3) is 17.7 Å². The summed E-state index contributed by atoms with van der Waals surface area (Å²) in [6.07, 6.45) is 3.04. The number of carbonyl (C=O) groups is 3. The van der Waals surface area contributed by atoms with Crippen molar-refractivity contribution in [2.75, 3.05) is 32.0 Å². The van der Waals surface area contributed by atoms with E-state index in [2.05, 4.69) is 5.32 Å². The molecule has 4 rings (SSSR count). The number of nitrogens with one attached hydrogen (secondary N) is 1. The van der Waals surface area contributed by atoms with Crippen LogP contribution in [-0.4, -0.2) is 59.6 Å². The molecule has 3 N–H and O–H groups in total. The van der Waals surface area contributed by atoms with E-state index >= 15 is 0 Å². The number of nitrogens with two attached hydrogens (primary N) is 1. The number of amides is 3. The van der Waals surface area contributed by atoms with E-state index in [1.54, 1.807) is 47.2 Å². The Labute approximate surface area is 226 Å². The third kappa shape index (κ3) is 7.16. The summed E-state index contributed by atoms with van der Waals surface area (Å²) >= 11 is 1.70. The highest BCUT2D eigenvalue weighted by molar-refractivity contribution is 7.98. The fourth-order valence-corrected chi connectivity index (χ4v) is 5.16. The smallest absolute Gasteiger partial charge is 0.260 e. The van der Waals surface area contributed by atoms with Crippen molar-refractivity contribution in [1.82, 2.24) is 15.2 Å². The van der Waals surface area contributed by atoms with E-state index in [0.717, 1.165) is 28.7 Å². The van der Waals surface area contributed by atoms with Gasteiger partial charge in [0.1, 0.15) is 11.5 Å². The zero-order chi connectivity index (χ0) is 26.9. The third-order valence-corrected chi connectivity index (χ3v) is 7.38. The van der Waals surface area contributed by atoms with Crippen LogP contribution in [0.1, 0.15) is 56.6 Å². The summed E-state index contributed by atoms with van der Waals surface area (Å²) in [5, 5.41) is 3.01. The Morgan fingerprint density at radius 3 is 2.63 bits per heavy atom. The Balaban J connectivity index is 1.28. The lowest BCUT2D eigenvalue weighted by molar-refractivity contribution is -0.134. The molecule has 3 aromatic rings. The van der Waals surface area contributed by atoms with Crippen LogP contribution in [0.3, 0.4) is 0 Å². The van der Waals surface area contributed by atoms with Crippen molar-refractivity contribution < 1.29 is 23.5 Å². The second-order valence-electron chi connectivity index (χ2n) is 9.08. The molecule has 200 valence electrons. The number of rotatable bonds is 11. The Morgan fingerprint density at radius 1 is 1.11 bits per heavy atom. The average Bonchev–Trinajstić information content (AvgIpc) is 3.45. The Bertz CT molecular complexity index is 1260. The lowest BCUT2D eigenvalue weighted by atomic mass is 9.89. The molecule has 2 aromatic heterocycles. The van der Waals surface area contributed by atoms with Crippen molar-refractivity contribution >= 4 is 29.5 Å². The maximum Gasteiger partial charge on any atom is 0.260 e. The summed E-state index contributed by atoms with van der Waals surface area (Å²) in [5.41, 5.74) is 7.85. The van der Waals surface area contributed by atoms with Crippen LogP contribution in [0, 0.1) is 6.92 Å². The molecular weight excluding hydrogens is 504 g/mol. The molecule has 0 unspecified atom stereocenters. The summed E-state index contributed by atoms with van der Waals surface area (Å²) in [5.74, 6) is 1.92. The van der Waals surface area contributed by atoms with Crippen LogP contribution in [0.15, 0.2) is 59.2 Å². The number of thioether (sulfide) groups is 1. The molecule has 0 radical (unpaired) electrons. The van der Waals surface area contributed by atoms with E-state index < -0.39 is 5.91 Å². The van der Waals surface area contributed by atoms with Crippen LogP contribution in [-0.2, 0) is 10.5 Å². The first-order valence-corrected chi connectivity index (χ1v) is 13.7. The number of hydrogen-bond acceptors (Lipinski definition) is 7. The SMILES string of the molecule is Cc1ccc(C(=O)NCCSCc2ccco2)c(C2CCN(C(=O)COc3ccccc3C(N)=O)CC2)n1. The minimum absolute atomic E-state index is 0.0736. The van der Waals surface area contributed by atoms with Crippen molar-refractivity contribution in [3.05, 3.63) is 83.1 Å². The molecule has 1 saturated heterocycles. The van der Waals surface area contributed by atoms with Crippen LogP contribution in [0.25, 0.3) is 0 Å². The minimum Gasteiger partial charge on any atom is -0.483 e. The van der Waals surface area contributed by atoms with E-state index in [9.17, 15) is 14.4 Å². The number of aromatic nitrogens is 1. The van der Waals surface area contributed by atoms with Crippen molar-refractivity contribution in [3.8, 4) is 5.75 Å². The summed E-state index contributed by atoms with van der Waals surface area (Å²) in [4.78, 5) is 43.8. The fourth-order valence-electron chi connectivity index (χ4n) is 4.41. The Morgan fingerprint density at radius 2 is 1.89 bits per heavy atom. The number of aryl methyl sites for hydroxylation is 1. The van der Waals surface area contributed by atoms with Crippen LogP contribution in [0.5, 0.6) is 5.75 Å². The first-order valence-electron chi connectivity index (χ1n) is 12.6. The van der Waals surface area contributed by atoms with Gasteiger partial charge in [0.2, 0.25) is 0 Å². The van der Waals surface area contributed by atoms with E-state index in [4.69, 9.17) is 19.9 Å². The minimum atomic E-state index is -0.605. The van der Waals surface area contributed by atoms with Gasteiger partial charge in [-0.15, -0.1) is 0 Å². The van der Waals surface area contributed by atoms with Gasteiger partial charge in [0.15, 0.2) is 6.61 Å². The third-order valence-electron chi connectivity index (χ3n) is 6.40. The average molecular weight is 537 g/mol. The fraction of sp³-hybridized carbons (Fsp3) is 0.357. The molecule has 3 heterocycles. The number of carbonyl (C=O) groups excluding carboxylic acids is 3. The molecule has 0 spiro atoms. The second-order valence-corrected chi connectivity index (χ2v) is 10.2. The molecule has 0 saturated carbocycles. The van der Waals surface area contributed by atoms with Crippen LogP contribution in [0.2, 0.25) is 0 Å². The van der Waals surface area contributed by atoms with Crippen molar-refractivity contribution in [1.29, 1.82) is 0 Å². The van der Waals surface area contributed by atoms with Gasteiger partial charge in [-0.2, -0.15) is 11.8 Å². The molecule has 38 heavy (non-hydrogen) atoms. The number of para-hydroxylation sites is 1. The topological polar surface area (TPSA) is 128 Å². The molecule has 9 nitrogen and oxygen atoms in total. The molecule has 0 bridgehead atoms. The molecule has 0 atom stereocenters. The number of primary amides is 1. The largest absolute Gasteiger partial charge is 0.483 e. The number of furan rings is 1. The molecule has 3 amide bonds. The lowest BCUT2D eigenvalue weighted by Gasteiger charge is -2.32. The highest BCUT2D eigenvalue weighted by Gasteiger charge is 2.28. The predicted molar refractivity (Wildman–Crippen MR) is 145 cm³/mol. The van der Waals surface area contributed by atoms with E-state index in [0.29, 0.717) is 43.8 Å². The highest BCUT2D eigenvalue weighted by atomic mass is 32.2. The number of likely N-dealkylation sites (tertiary alicyclic amines) is 1. The van der Waals surface area contributed by atoms with Gasteiger partial charge in [0, 0.05) is 37.0 Å². The number of pyridine rings is 1. The molecule has 1 fully saturated rings. The molecule has 1 aliphatic heterocycles.